The predicted octanol–water partition coefficient (Wildman–Crippen LogP) is 1.51. The molecular formula is C12H14N2O3. The van der Waals surface area contributed by atoms with Gasteiger partial charge in [0.15, 0.2) is 11.5 Å². The third-order valence-corrected chi connectivity index (χ3v) is 2.33. The molecule has 17 heavy (non-hydrogen) atoms. The highest BCUT2D eigenvalue weighted by atomic mass is 16.5. The Hall–Kier alpha value is -2.13. The van der Waals surface area contributed by atoms with E-state index in [0.717, 1.165) is 11.8 Å². The van der Waals surface area contributed by atoms with Crippen LogP contribution in [-0.4, -0.2) is 31.0 Å². The molecule has 0 N–H and O–H groups in total. The normalized spacial score (nSPS) is 9.29. The third kappa shape index (κ3) is 3.43. The summed E-state index contributed by atoms with van der Waals surface area (Å²) in [4.78, 5) is 13.9. The first kappa shape index (κ1) is 12.9. The number of carbonyl (C=O) groups excluding carboxylic acids is 1. The third-order valence-electron chi connectivity index (χ3n) is 2.33. The number of hydrogen-bond donors (Lipinski definition) is 0. The van der Waals surface area contributed by atoms with Crippen molar-refractivity contribution < 1.29 is 19.1 Å². The van der Waals surface area contributed by atoms with E-state index in [0.29, 0.717) is 17.9 Å². The molecule has 0 radical (unpaired) electrons. The summed E-state index contributed by atoms with van der Waals surface area (Å²) in [5.41, 5.74) is 9.10. The molecule has 0 amide bonds. The Kier molecular flexibility index (Phi) is 4.91. The summed E-state index contributed by atoms with van der Waals surface area (Å²) >= 11 is 0. The van der Waals surface area contributed by atoms with Crippen molar-refractivity contribution in [1.29, 1.82) is 0 Å². The van der Waals surface area contributed by atoms with E-state index in [9.17, 15) is 4.79 Å². The molecule has 0 saturated heterocycles. The molecule has 0 saturated carbocycles. The summed E-state index contributed by atoms with van der Waals surface area (Å²) in [5.74, 6) is 1.02. The number of benzene rings is 1. The van der Waals surface area contributed by atoms with Gasteiger partial charge in [-0.15, -0.1) is 0 Å². The molecule has 1 rings (SSSR count). The first-order valence-corrected chi connectivity index (χ1v) is 5.13. The quantitative estimate of drug-likeness (QED) is 0.425. The van der Waals surface area contributed by atoms with Crippen LogP contribution in [0.1, 0.15) is 12.0 Å². The lowest BCUT2D eigenvalue weighted by Gasteiger charge is -2.11. The van der Waals surface area contributed by atoms with E-state index in [1.165, 1.54) is 0 Å². The standard InChI is InChI=1S/C12H14N2O3/c1-16-11-5-3-4-9(12(11)17-2)6-7-10(15)8-14-13/h3-5,8H,6-7H2,1-2H3. The van der Waals surface area contributed by atoms with Crippen LogP contribution in [0.15, 0.2) is 18.2 Å². The zero-order valence-electron chi connectivity index (χ0n) is 9.84. The van der Waals surface area contributed by atoms with Gasteiger partial charge in [-0.05, 0) is 18.1 Å². The van der Waals surface area contributed by atoms with Crippen molar-refractivity contribution in [3.8, 4) is 11.5 Å². The van der Waals surface area contributed by atoms with Crippen LogP contribution in [0.4, 0.5) is 0 Å². The number of rotatable bonds is 6. The Bertz CT molecular complexity index is 451. The van der Waals surface area contributed by atoms with E-state index in [2.05, 4.69) is 4.79 Å². The van der Waals surface area contributed by atoms with Crippen LogP contribution in [0.5, 0.6) is 11.5 Å². The van der Waals surface area contributed by atoms with Gasteiger partial charge in [0.2, 0.25) is 5.78 Å². The SMILES string of the molecule is COc1cccc(CCC(=O)C=[N+]=[N-])c1OC. The maximum atomic E-state index is 11.2. The Morgan fingerprint density at radius 3 is 2.76 bits per heavy atom. The summed E-state index contributed by atoms with van der Waals surface area (Å²) in [6, 6.07) is 5.49. The number of ether oxygens (including phenoxy) is 2. The summed E-state index contributed by atoms with van der Waals surface area (Å²) in [5, 5.41) is 0. The van der Waals surface area contributed by atoms with E-state index >= 15 is 0 Å². The highest BCUT2D eigenvalue weighted by Crippen LogP contribution is 2.31. The Balaban J connectivity index is 2.83. The summed E-state index contributed by atoms with van der Waals surface area (Å²) in [7, 11) is 3.11. The maximum absolute atomic E-state index is 11.2. The largest absolute Gasteiger partial charge is 0.493 e. The summed E-state index contributed by atoms with van der Waals surface area (Å²) in [6.07, 6.45) is 1.66. The van der Waals surface area contributed by atoms with Crippen LogP contribution in [-0.2, 0) is 11.2 Å². The van der Waals surface area contributed by atoms with Crippen LogP contribution in [0.3, 0.4) is 0 Å². The predicted molar refractivity (Wildman–Crippen MR) is 62.6 cm³/mol. The van der Waals surface area contributed by atoms with Gasteiger partial charge in [0.05, 0.1) is 14.2 Å². The molecule has 0 spiro atoms. The van der Waals surface area contributed by atoms with E-state index in [1.807, 2.05) is 12.1 Å². The van der Waals surface area contributed by atoms with Crippen molar-refractivity contribution >= 4 is 12.0 Å². The summed E-state index contributed by atoms with van der Waals surface area (Å²) < 4.78 is 10.4. The summed E-state index contributed by atoms with van der Waals surface area (Å²) in [6.45, 7) is 0. The van der Waals surface area contributed by atoms with Crippen LogP contribution >= 0.6 is 0 Å². The van der Waals surface area contributed by atoms with Gasteiger partial charge in [-0.2, -0.15) is 4.79 Å². The van der Waals surface area contributed by atoms with Gasteiger partial charge in [0.1, 0.15) is 0 Å². The molecule has 1 aromatic rings. The number of ketones is 1. The lowest BCUT2D eigenvalue weighted by molar-refractivity contribution is -0.116. The fraction of sp³-hybridized carbons (Fsp3) is 0.333. The lowest BCUT2D eigenvalue weighted by Crippen LogP contribution is -2.03. The average Bonchev–Trinajstić information content (AvgIpc) is 2.36. The molecule has 5 heteroatoms. The molecule has 1 aromatic carbocycles. The molecule has 0 aliphatic rings. The van der Waals surface area contributed by atoms with Crippen LogP contribution < -0.4 is 9.47 Å². The van der Waals surface area contributed by atoms with Crippen molar-refractivity contribution in [1.82, 2.24) is 0 Å². The highest BCUT2D eigenvalue weighted by molar-refractivity contribution is 6.25. The van der Waals surface area contributed by atoms with Gasteiger partial charge in [-0.3, -0.25) is 4.79 Å². The second-order valence-electron chi connectivity index (χ2n) is 3.36. The molecule has 0 fully saturated rings. The Morgan fingerprint density at radius 1 is 1.41 bits per heavy atom. The van der Waals surface area contributed by atoms with Crippen LogP contribution in [0.25, 0.3) is 5.53 Å². The monoisotopic (exact) mass is 234 g/mol. The van der Waals surface area contributed by atoms with E-state index in [1.54, 1.807) is 20.3 Å². The topological polar surface area (TPSA) is 71.9 Å². The zero-order chi connectivity index (χ0) is 12.7. The van der Waals surface area contributed by atoms with Crippen LogP contribution in [0.2, 0.25) is 0 Å². The first-order valence-electron chi connectivity index (χ1n) is 5.13. The minimum Gasteiger partial charge on any atom is -0.493 e. The molecule has 0 unspecified atom stereocenters. The van der Waals surface area contributed by atoms with Gasteiger partial charge in [-0.1, -0.05) is 12.1 Å². The molecule has 90 valence electrons. The van der Waals surface area contributed by atoms with Crippen molar-refractivity contribution in [2.24, 2.45) is 0 Å². The number of aryl methyl sites for hydroxylation is 1. The van der Waals surface area contributed by atoms with Gasteiger partial charge >= 0.3 is 6.21 Å². The molecule has 5 nitrogen and oxygen atoms in total. The number of carbonyl (C=O) groups is 1. The van der Waals surface area contributed by atoms with Crippen molar-refractivity contribution in [3.05, 3.63) is 29.3 Å². The molecule has 0 atom stereocenters. The van der Waals surface area contributed by atoms with Crippen molar-refractivity contribution in [2.45, 2.75) is 12.8 Å². The number of nitrogens with zero attached hydrogens (tertiary/aromatic N) is 2. The number of Topliss-reactive ketones (excluding diaryl/α,β-unsaturated/α-hetero) is 1. The van der Waals surface area contributed by atoms with Crippen molar-refractivity contribution in [2.75, 3.05) is 14.2 Å². The van der Waals surface area contributed by atoms with Crippen molar-refractivity contribution in [3.63, 3.8) is 0 Å². The minimum atomic E-state index is -0.239. The minimum absolute atomic E-state index is 0.239. The molecule has 0 aliphatic heterocycles. The number of hydrogen-bond acceptors (Lipinski definition) is 3. The van der Waals surface area contributed by atoms with E-state index in [-0.39, 0.29) is 12.2 Å². The fourth-order valence-electron chi connectivity index (χ4n) is 1.54. The second kappa shape index (κ2) is 6.45. The molecule has 0 aromatic heterocycles. The van der Waals surface area contributed by atoms with E-state index < -0.39 is 0 Å². The zero-order valence-corrected chi connectivity index (χ0v) is 9.84. The lowest BCUT2D eigenvalue weighted by atomic mass is 10.1. The Labute approximate surface area is 99.6 Å². The smallest absolute Gasteiger partial charge is 0.323 e. The molecule has 0 heterocycles. The molecule has 0 bridgehead atoms. The fourth-order valence-corrected chi connectivity index (χ4v) is 1.54. The number of methoxy groups -OCH3 is 2. The number of para-hydroxylation sites is 1. The van der Waals surface area contributed by atoms with E-state index in [4.69, 9.17) is 15.0 Å². The maximum Gasteiger partial charge on any atom is 0.323 e. The molecular weight excluding hydrogens is 220 g/mol. The second-order valence-corrected chi connectivity index (χ2v) is 3.36. The van der Waals surface area contributed by atoms with Crippen LogP contribution in [0, 0.1) is 0 Å². The van der Waals surface area contributed by atoms with Gasteiger partial charge in [0.25, 0.3) is 0 Å². The van der Waals surface area contributed by atoms with Gasteiger partial charge in [-0.25, -0.2) is 0 Å². The van der Waals surface area contributed by atoms with Gasteiger partial charge < -0.3 is 15.0 Å². The Morgan fingerprint density at radius 2 is 2.18 bits per heavy atom. The average molecular weight is 234 g/mol. The highest BCUT2D eigenvalue weighted by Gasteiger charge is 2.11. The van der Waals surface area contributed by atoms with Gasteiger partial charge in [0, 0.05) is 6.42 Å². The molecule has 0 aliphatic carbocycles. The first-order chi connectivity index (χ1) is 8.22.